The minimum absolute atomic E-state index is 0.0223. The molecule has 1 N–H and O–H groups in total. The summed E-state index contributed by atoms with van der Waals surface area (Å²) < 4.78 is 12.4. The number of amides is 2. The van der Waals surface area contributed by atoms with Gasteiger partial charge < -0.3 is 19.7 Å². The number of carbonyl (C=O) groups excluding carboxylic acids is 2. The summed E-state index contributed by atoms with van der Waals surface area (Å²) in [6, 6.07) is 6.39. The molecule has 11 nitrogen and oxygen atoms in total. The Kier molecular flexibility index (Phi) is 7.09. The van der Waals surface area contributed by atoms with E-state index in [4.69, 9.17) is 9.47 Å². The number of carbonyl (C=O) groups is 2. The number of likely N-dealkylation sites (tertiary alicyclic amines) is 1. The van der Waals surface area contributed by atoms with Crippen molar-refractivity contribution in [3.05, 3.63) is 56.4 Å². The second kappa shape index (κ2) is 10.2. The van der Waals surface area contributed by atoms with E-state index in [1.165, 1.54) is 25.8 Å². The lowest BCUT2D eigenvalue weighted by Gasteiger charge is -2.27. The van der Waals surface area contributed by atoms with Gasteiger partial charge in [0.25, 0.3) is 11.5 Å². The van der Waals surface area contributed by atoms with Crippen molar-refractivity contribution in [1.29, 1.82) is 0 Å². The molecule has 0 bridgehead atoms. The van der Waals surface area contributed by atoms with Crippen molar-refractivity contribution in [2.75, 3.05) is 32.6 Å². The number of ether oxygens (including phenoxy) is 2. The van der Waals surface area contributed by atoms with Crippen LogP contribution in [0.4, 0.5) is 5.69 Å². The van der Waals surface area contributed by atoms with Gasteiger partial charge in [0.1, 0.15) is 23.7 Å². The van der Waals surface area contributed by atoms with Gasteiger partial charge in [0.05, 0.1) is 25.2 Å². The van der Waals surface area contributed by atoms with Gasteiger partial charge in [0.15, 0.2) is 0 Å². The first-order valence-electron chi connectivity index (χ1n) is 11.7. The molecule has 2 amide bonds. The van der Waals surface area contributed by atoms with Gasteiger partial charge in [-0.05, 0) is 32.3 Å². The molecule has 0 aliphatic carbocycles. The van der Waals surface area contributed by atoms with Crippen LogP contribution in [0.1, 0.15) is 35.3 Å². The molecule has 0 atom stereocenters. The van der Waals surface area contributed by atoms with Crippen molar-refractivity contribution in [3.8, 4) is 11.5 Å². The fraction of sp³-hybridized carbons (Fsp3) is 0.400. The largest absolute Gasteiger partial charge is 0.497 e. The number of fused-ring (bicyclic) bond motifs is 1. The third-order valence-electron chi connectivity index (χ3n) is 6.23. The Balaban J connectivity index is 1.75. The lowest BCUT2D eigenvalue weighted by atomic mass is 10.1. The van der Waals surface area contributed by atoms with E-state index in [1.54, 1.807) is 36.1 Å². The molecule has 3 heterocycles. The van der Waals surface area contributed by atoms with Crippen LogP contribution in [-0.4, -0.2) is 58.1 Å². The number of hydrogen-bond acceptors (Lipinski definition) is 7. The smallest absolute Gasteiger partial charge is 0.332 e. The van der Waals surface area contributed by atoms with Crippen LogP contribution < -0.4 is 26.0 Å². The first kappa shape index (κ1) is 25.0. The molecule has 3 aromatic rings. The molecule has 0 spiro atoms. The summed E-state index contributed by atoms with van der Waals surface area (Å²) in [5, 5.41) is 2.68. The second-order valence-electron chi connectivity index (χ2n) is 8.75. The molecule has 2 aromatic heterocycles. The molecular formula is C25H29N5O6. The maximum absolute atomic E-state index is 13.5. The number of anilines is 1. The predicted molar refractivity (Wildman–Crippen MR) is 134 cm³/mol. The number of hydrogen-bond donors (Lipinski definition) is 1. The predicted octanol–water partition coefficient (Wildman–Crippen LogP) is 1.69. The summed E-state index contributed by atoms with van der Waals surface area (Å²) in [6.07, 6.45) is 2.84. The maximum atomic E-state index is 13.5. The zero-order chi connectivity index (χ0) is 26.0. The van der Waals surface area contributed by atoms with Crippen LogP contribution in [0.25, 0.3) is 11.0 Å². The Morgan fingerprint density at radius 2 is 1.64 bits per heavy atom. The Morgan fingerprint density at radius 1 is 1.00 bits per heavy atom. The van der Waals surface area contributed by atoms with Crippen LogP contribution in [0.15, 0.2) is 33.9 Å². The van der Waals surface area contributed by atoms with Crippen LogP contribution in [-0.2, 0) is 18.4 Å². The van der Waals surface area contributed by atoms with Crippen molar-refractivity contribution in [2.45, 2.75) is 32.7 Å². The van der Waals surface area contributed by atoms with Gasteiger partial charge in [-0.2, -0.15) is 0 Å². The normalized spacial score (nSPS) is 13.5. The molecule has 0 unspecified atom stereocenters. The van der Waals surface area contributed by atoms with Crippen molar-refractivity contribution in [2.24, 2.45) is 7.05 Å². The molecule has 1 aliphatic rings. The van der Waals surface area contributed by atoms with E-state index in [0.717, 1.165) is 23.8 Å². The summed E-state index contributed by atoms with van der Waals surface area (Å²) in [6.45, 7) is 2.37. The number of aromatic nitrogens is 3. The van der Waals surface area contributed by atoms with Crippen molar-refractivity contribution in [1.82, 2.24) is 19.0 Å². The summed E-state index contributed by atoms with van der Waals surface area (Å²) in [5.41, 5.74) is -0.259. The molecule has 1 saturated heterocycles. The summed E-state index contributed by atoms with van der Waals surface area (Å²) >= 11 is 0. The van der Waals surface area contributed by atoms with Gasteiger partial charge in [0.2, 0.25) is 5.91 Å². The molecule has 0 radical (unpaired) electrons. The van der Waals surface area contributed by atoms with Crippen LogP contribution in [0.2, 0.25) is 0 Å². The number of aryl methyl sites for hydroxylation is 2. The minimum Gasteiger partial charge on any atom is -0.497 e. The van der Waals surface area contributed by atoms with E-state index < -0.39 is 23.7 Å². The van der Waals surface area contributed by atoms with Crippen molar-refractivity contribution < 1.29 is 19.1 Å². The van der Waals surface area contributed by atoms with E-state index in [-0.39, 0.29) is 22.5 Å². The van der Waals surface area contributed by atoms with E-state index in [0.29, 0.717) is 36.0 Å². The number of methoxy groups -OCH3 is 2. The molecule has 1 aromatic carbocycles. The van der Waals surface area contributed by atoms with E-state index in [2.05, 4.69) is 10.3 Å². The zero-order valence-electron chi connectivity index (χ0n) is 20.8. The molecule has 11 heteroatoms. The van der Waals surface area contributed by atoms with E-state index in [1.807, 2.05) is 0 Å². The van der Waals surface area contributed by atoms with Crippen LogP contribution >= 0.6 is 0 Å². The van der Waals surface area contributed by atoms with Crippen molar-refractivity contribution >= 4 is 28.5 Å². The Bertz CT molecular complexity index is 1430. The molecular weight excluding hydrogens is 466 g/mol. The Morgan fingerprint density at radius 3 is 2.25 bits per heavy atom. The minimum atomic E-state index is -0.737. The number of nitrogens with one attached hydrogen (secondary N) is 1. The van der Waals surface area contributed by atoms with Gasteiger partial charge >= 0.3 is 5.69 Å². The third-order valence-corrected chi connectivity index (χ3v) is 6.23. The maximum Gasteiger partial charge on any atom is 0.332 e. The quantitative estimate of drug-likeness (QED) is 0.552. The molecule has 4 rings (SSSR count). The lowest BCUT2D eigenvalue weighted by molar-refractivity contribution is -0.116. The van der Waals surface area contributed by atoms with Crippen LogP contribution in [0.5, 0.6) is 11.5 Å². The van der Waals surface area contributed by atoms with Crippen molar-refractivity contribution in [3.63, 3.8) is 0 Å². The molecule has 0 saturated carbocycles. The summed E-state index contributed by atoms with van der Waals surface area (Å²) in [5.74, 6) is 0.0461. The second-order valence-corrected chi connectivity index (χ2v) is 8.75. The Labute approximate surface area is 207 Å². The van der Waals surface area contributed by atoms with Gasteiger partial charge in [0, 0.05) is 49.7 Å². The van der Waals surface area contributed by atoms with E-state index >= 15 is 0 Å². The number of piperidine rings is 1. The first-order valence-corrected chi connectivity index (χ1v) is 11.7. The van der Waals surface area contributed by atoms with Gasteiger partial charge in [-0.3, -0.25) is 23.5 Å². The Hall–Kier alpha value is -4.15. The lowest BCUT2D eigenvalue weighted by Crippen LogP contribution is -2.43. The van der Waals surface area contributed by atoms with Gasteiger partial charge in [-0.25, -0.2) is 9.78 Å². The highest BCUT2D eigenvalue weighted by Gasteiger charge is 2.25. The summed E-state index contributed by atoms with van der Waals surface area (Å²) in [7, 11) is 4.43. The fourth-order valence-corrected chi connectivity index (χ4v) is 4.40. The highest BCUT2D eigenvalue weighted by molar-refractivity contribution is 6.05. The monoisotopic (exact) mass is 495 g/mol. The molecule has 1 fully saturated rings. The highest BCUT2D eigenvalue weighted by Crippen LogP contribution is 2.25. The first-order chi connectivity index (χ1) is 17.2. The standard InChI is InChI=1S/C25H29N5O6/c1-15-10-19(23(32)29-8-6-5-7-9-29)21-22(26-15)28(2)25(34)30(24(21)33)14-20(31)27-16-11-17(35-3)13-18(12-16)36-4/h10-13H,5-9,14H2,1-4H3,(H,27,31). The average Bonchev–Trinajstić information content (AvgIpc) is 2.89. The van der Waals surface area contributed by atoms with Gasteiger partial charge in [-0.15, -0.1) is 0 Å². The number of pyridine rings is 1. The topological polar surface area (TPSA) is 125 Å². The molecule has 36 heavy (non-hydrogen) atoms. The van der Waals surface area contributed by atoms with Crippen LogP contribution in [0.3, 0.4) is 0 Å². The number of benzene rings is 1. The number of nitrogens with zero attached hydrogens (tertiary/aromatic N) is 4. The molecule has 190 valence electrons. The van der Waals surface area contributed by atoms with E-state index in [9.17, 15) is 19.2 Å². The average molecular weight is 496 g/mol. The van der Waals surface area contributed by atoms with Crippen LogP contribution in [0, 0.1) is 6.92 Å². The van der Waals surface area contributed by atoms with Gasteiger partial charge in [-0.1, -0.05) is 0 Å². The SMILES string of the molecule is COc1cc(NC(=O)Cn2c(=O)c3c(C(=O)N4CCCCC4)cc(C)nc3n(C)c2=O)cc(OC)c1. The molecule has 1 aliphatic heterocycles. The third kappa shape index (κ3) is 4.81. The highest BCUT2D eigenvalue weighted by atomic mass is 16.5. The summed E-state index contributed by atoms with van der Waals surface area (Å²) in [4.78, 5) is 58.9. The number of rotatable bonds is 6. The fourth-order valence-electron chi connectivity index (χ4n) is 4.40. The zero-order valence-corrected chi connectivity index (χ0v) is 20.8.